The number of fused-ring (bicyclic) bond motifs is 6. The van der Waals surface area contributed by atoms with Gasteiger partial charge < -0.3 is 4.57 Å². The molecule has 0 amide bonds. The first-order chi connectivity index (χ1) is 30.8. The third-order valence-corrected chi connectivity index (χ3v) is 12.0. The van der Waals surface area contributed by atoms with Crippen molar-refractivity contribution in [1.29, 1.82) is 0 Å². The second-order valence-corrected chi connectivity index (χ2v) is 15.6. The lowest BCUT2D eigenvalue weighted by Gasteiger charge is -2.17. The number of hydrogen-bond acceptors (Lipinski definition) is 3. The maximum atomic E-state index is 5.23. The fourth-order valence-corrected chi connectivity index (χ4v) is 9.15. The zero-order valence-corrected chi connectivity index (χ0v) is 33.6. The molecule has 0 aliphatic heterocycles. The monoisotopic (exact) mass is 791 g/mol. The molecule has 0 unspecified atom stereocenters. The molecule has 0 saturated carbocycles. The molecule has 3 heterocycles. The van der Waals surface area contributed by atoms with Crippen LogP contribution in [0.4, 0.5) is 0 Å². The molecule has 0 spiro atoms. The summed E-state index contributed by atoms with van der Waals surface area (Å²) in [7, 11) is 0. The molecule has 12 aromatic rings. The molecule has 0 atom stereocenters. The van der Waals surface area contributed by atoms with E-state index in [4.69, 9.17) is 15.0 Å². The summed E-state index contributed by atoms with van der Waals surface area (Å²) < 4.78 is 4.65. The van der Waals surface area contributed by atoms with Crippen molar-refractivity contribution in [3.63, 3.8) is 0 Å². The van der Waals surface area contributed by atoms with Gasteiger partial charge in [-0.05, 0) is 64.2 Å². The number of nitrogens with zero attached hydrogens (tertiary/aromatic N) is 5. The first-order valence-electron chi connectivity index (χ1n) is 21.0. The molecule has 0 N–H and O–H groups in total. The molecule has 12 rings (SSSR count). The Labute approximate surface area is 358 Å². The molecule has 0 aliphatic carbocycles. The van der Waals surface area contributed by atoms with E-state index in [0.29, 0.717) is 17.6 Å². The molecule has 5 nitrogen and oxygen atoms in total. The standard InChI is InChI=1S/C57H37N5/c1-5-19-38(20-6-1)43-34-33-42(35-47(43)39-21-7-2-8-22-39)44-27-13-16-30-50(44)61-51-31-17-14-28-45(51)48-36-49-46-29-15-18-32-52(46)62(54(49)37-53(48)61)57-59-55(40-23-9-3-10-24-40)58-56(60-57)41-25-11-4-12-26-41/h1-37H. The lowest BCUT2D eigenvalue weighted by atomic mass is 9.90. The van der Waals surface area contributed by atoms with E-state index in [-0.39, 0.29) is 0 Å². The molecule has 5 heteroatoms. The van der Waals surface area contributed by atoms with Crippen LogP contribution < -0.4 is 0 Å². The summed E-state index contributed by atoms with van der Waals surface area (Å²) in [5.74, 6) is 1.81. The van der Waals surface area contributed by atoms with E-state index in [9.17, 15) is 0 Å². The second kappa shape index (κ2) is 14.7. The minimum atomic E-state index is 0.568. The highest BCUT2D eigenvalue weighted by atomic mass is 15.2. The Bertz CT molecular complexity index is 3550. The Kier molecular flexibility index (Phi) is 8.42. The fraction of sp³-hybridized carbons (Fsp3) is 0. The summed E-state index contributed by atoms with van der Waals surface area (Å²) in [6, 6.07) is 79.4. The van der Waals surface area contributed by atoms with E-state index in [1.165, 1.54) is 33.0 Å². The first-order valence-corrected chi connectivity index (χ1v) is 21.0. The van der Waals surface area contributed by atoms with Crippen LogP contribution in [0.3, 0.4) is 0 Å². The average Bonchev–Trinajstić information content (AvgIpc) is 3.86. The Balaban J connectivity index is 1.12. The predicted octanol–water partition coefficient (Wildman–Crippen LogP) is 14.4. The van der Waals surface area contributed by atoms with E-state index in [1.54, 1.807) is 0 Å². The summed E-state index contributed by atoms with van der Waals surface area (Å²) in [5, 5.41) is 4.65. The van der Waals surface area contributed by atoms with Crippen LogP contribution in [0.1, 0.15) is 0 Å². The van der Waals surface area contributed by atoms with E-state index >= 15 is 0 Å². The maximum absolute atomic E-state index is 5.23. The van der Waals surface area contributed by atoms with Crippen molar-refractivity contribution in [3.05, 3.63) is 224 Å². The lowest BCUT2D eigenvalue weighted by molar-refractivity contribution is 0.953. The Morgan fingerprint density at radius 3 is 1.32 bits per heavy atom. The van der Waals surface area contributed by atoms with Crippen molar-refractivity contribution in [3.8, 4) is 67.8 Å². The quantitative estimate of drug-likeness (QED) is 0.162. The molecule has 0 saturated heterocycles. The number of hydrogen-bond donors (Lipinski definition) is 0. The van der Waals surface area contributed by atoms with Crippen LogP contribution in [-0.2, 0) is 0 Å². The lowest BCUT2D eigenvalue weighted by Crippen LogP contribution is -2.06. The van der Waals surface area contributed by atoms with Crippen molar-refractivity contribution in [2.45, 2.75) is 0 Å². The van der Waals surface area contributed by atoms with E-state index in [1.807, 2.05) is 36.4 Å². The van der Waals surface area contributed by atoms with Crippen molar-refractivity contribution in [2.75, 3.05) is 0 Å². The molecule has 0 aliphatic rings. The third-order valence-electron chi connectivity index (χ3n) is 12.0. The number of rotatable bonds is 7. The van der Waals surface area contributed by atoms with Crippen molar-refractivity contribution >= 4 is 43.6 Å². The normalized spacial score (nSPS) is 11.5. The van der Waals surface area contributed by atoms with E-state index < -0.39 is 0 Å². The van der Waals surface area contributed by atoms with Crippen LogP contribution in [0.15, 0.2) is 224 Å². The molecule has 0 bridgehead atoms. The van der Waals surface area contributed by atoms with Gasteiger partial charge in [0.15, 0.2) is 11.6 Å². The highest BCUT2D eigenvalue weighted by molar-refractivity contribution is 6.19. The van der Waals surface area contributed by atoms with Crippen molar-refractivity contribution in [1.82, 2.24) is 24.1 Å². The fourth-order valence-electron chi connectivity index (χ4n) is 9.15. The number of aromatic nitrogens is 5. The van der Waals surface area contributed by atoms with Crippen molar-refractivity contribution in [2.24, 2.45) is 0 Å². The summed E-state index contributed by atoms with van der Waals surface area (Å²) in [4.78, 5) is 15.5. The van der Waals surface area contributed by atoms with Gasteiger partial charge in [0.25, 0.3) is 0 Å². The SMILES string of the molecule is c1ccc(-c2nc(-c3ccccc3)nc(-n3c4ccccc4c4cc5c6ccccc6n(-c6ccccc6-c6ccc(-c7ccccc7)c(-c7ccccc7)c6)c5cc43)n2)cc1. The van der Waals surface area contributed by atoms with Gasteiger partial charge in [-0.15, -0.1) is 0 Å². The molecule has 290 valence electrons. The van der Waals surface area contributed by atoms with Crippen LogP contribution in [0.25, 0.3) is 111 Å². The highest BCUT2D eigenvalue weighted by Gasteiger charge is 2.22. The van der Waals surface area contributed by atoms with Crippen LogP contribution in [0.5, 0.6) is 0 Å². The van der Waals surface area contributed by atoms with Crippen LogP contribution in [0.2, 0.25) is 0 Å². The minimum Gasteiger partial charge on any atom is -0.309 e. The topological polar surface area (TPSA) is 48.5 Å². The predicted molar refractivity (Wildman–Crippen MR) is 256 cm³/mol. The van der Waals surface area contributed by atoms with Gasteiger partial charge in [-0.2, -0.15) is 9.97 Å². The second-order valence-electron chi connectivity index (χ2n) is 15.6. The average molecular weight is 792 g/mol. The molecule has 62 heavy (non-hydrogen) atoms. The summed E-state index contributed by atoms with van der Waals surface area (Å²) in [5.41, 5.74) is 14.3. The largest absolute Gasteiger partial charge is 0.309 e. The zero-order chi connectivity index (χ0) is 41.0. The van der Waals surface area contributed by atoms with Crippen LogP contribution in [0, 0.1) is 0 Å². The van der Waals surface area contributed by atoms with Crippen LogP contribution in [-0.4, -0.2) is 24.1 Å². The highest BCUT2D eigenvalue weighted by Crippen LogP contribution is 2.43. The summed E-state index contributed by atoms with van der Waals surface area (Å²) in [6.07, 6.45) is 0. The molecule has 3 aromatic heterocycles. The molecule has 9 aromatic carbocycles. The van der Waals surface area contributed by atoms with Gasteiger partial charge in [0.1, 0.15) is 0 Å². The smallest absolute Gasteiger partial charge is 0.238 e. The van der Waals surface area contributed by atoms with Gasteiger partial charge in [0.2, 0.25) is 5.95 Å². The van der Waals surface area contributed by atoms with Gasteiger partial charge in [0, 0.05) is 38.2 Å². The van der Waals surface area contributed by atoms with Gasteiger partial charge in [-0.3, -0.25) is 4.57 Å². The number of para-hydroxylation sites is 3. The van der Waals surface area contributed by atoms with Gasteiger partial charge in [0.05, 0.1) is 27.8 Å². The van der Waals surface area contributed by atoms with Crippen LogP contribution >= 0.6 is 0 Å². The van der Waals surface area contributed by atoms with E-state index in [0.717, 1.165) is 60.8 Å². The summed E-state index contributed by atoms with van der Waals surface area (Å²) in [6.45, 7) is 0. The minimum absolute atomic E-state index is 0.568. The van der Waals surface area contributed by atoms with E-state index in [2.05, 4.69) is 197 Å². The molecular formula is C57H37N5. The Hall–Kier alpha value is -8.41. The number of benzene rings is 9. The maximum Gasteiger partial charge on any atom is 0.238 e. The third kappa shape index (κ3) is 5.90. The van der Waals surface area contributed by atoms with Gasteiger partial charge >= 0.3 is 0 Å². The molecule has 0 radical (unpaired) electrons. The zero-order valence-electron chi connectivity index (χ0n) is 33.6. The Morgan fingerprint density at radius 1 is 0.258 bits per heavy atom. The van der Waals surface area contributed by atoms with Crippen molar-refractivity contribution < 1.29 is 0 Å². The summed E-state index contributed by atoms with van der Waals surface area (Å²) >= 11 is 0. The molecule has 0 fully saturated rings. The molecular weight excluding hydrogens is 755 g/mol. The first kappa shape index (κ1) is 35.5. The Morgan fingerprint density at radius 2 is 0.726 bits per heavy atom. The van der Waals surface area contributed by atoms with Gasteiger partial charge in [-0.1, -0.05) is 188 Å². The van der Waals surface area contributed by atoms with Gasteiger partial charge in [-0.25, -0.2) is 4.98 Å².